The van der Waals surface area contributed by atoms with Gasteiger partial charge in [-0.1, -0.05) is 0 Å². The fraction of sp³-hybridized carbons (Fsp3) is 0.595. The van der Waals surface area contributed by atoms with Crippen molar-refractivity contribution in [1.82, 2.24) is 35.0 Å². The highest BCUT2D eigenvalue weighted by Crippen LogP contribution is 2.34. The molecule has 0 aromatic carbocycles. The number of nitrogens with two attached hydrogens (primary N) is 2. The molecule has 5 N–H and O–H groups in total. The molecule has 1 atom stereocenters. The molecular weight excluding hydrogens is 741 g/mol. The van der Waals surface area contributed by atoms with Crippen LogP contribution in [0.5, 0.6) is 0 Å². The van der Waals surface area contributed by atoms with Crippen molar-refractivity contribution in [3.63, 3.8) is 0 Å². The zero-order chi connectivity index (χ0) is 39.0. The van der Waals surface area contributed by atoms with E-state index < -0.39 is 23.5 Å². The number of aromatic nitrogens is 4. The third-order valence-corrected chi connectivity index (χ3v) is 12.8. The Hall–Kier alpha value is -4.23. The molecule has 18 heteroatoms. The molecule has 55 heavy (non-hydrogen) atoms. The van der Waals surface area contributed by atoms with E-state index in [1.54, 1.807) is 6.07 Å². The van der Waals surface area contributed by atoms with Gasteiger partial charge in [-0.05, 0) is 38.7 Å². The monoisotopic (exact) mass is 793 g/mol. The van der Waals surface area contributed by atoms with E-state index >= 15 is 0 Å². The Kier molecular flexibility index (Phi) is 11.4. The lowest BCUT2D eigenvalue weighted by molar-refractivity contribution is -0.703. The van der Waals surface area contributed by atoms with Gasteiger partial charge in [0.25, 0.3) is 23.5 Å². The van der Waals surface area contributed by atoms with Crippen LogP contribution in [0.15, 0.2) is 12.1 Å². The maximum absolute atomic E-state index is 12.4. The van der Waals surface area contributed by atoms with Gasteiger partial charge in [-0.15, -0.1) is 22.7 Å². The maximum Gasteiger partial charge on any atom is 0.407 e. The number of hydrogen-bond donors (Lipinski definition) is 3. The van der Waals surface area contributed by atoms with Gasteiger partial charge >= 0.3 is 6.09 Å². The summed E-state index contributed by atoms with van der Waals surface area (Å²) in [4.78, 5) is 63.9. The SMILES string of the molecule is Cc1nc(N2CCN(CCN3CCC([n+]4c(C)nc(N5CCN(CCNC(=O)OC(C)(C)C)CC5)c5sc(C(N)=O)cc54)C3)CC2)c2sc(C(N)=O)cc2n1. The number of thiophene rings is 2. The van der Waals surface area contributed by atoms with Crippen LogP contribution in [0.3, 0.4) is 0 Å². The van der Waals surface area contributed by atoms with E-state index in [0.29, 0.717) is 22.1 Å². The first kappa shape index (κ1) is 39.0. The van der Waals surface area contributed by atoms with Crippen molar-refractivity contribution >= 4 is 72.7 Å². The van der Waals surface area contributed by atoms with E-state index in [0.717, 1.165) is 129 Å². The largest absolute Gasteiger partial charge is 0.444 e. The number of fused-ring (bicyclic) bond motifs is 2. The number of amides is 3. The molecule has 3 fully saturated rings. The second-order valence-electron chi connectivity index (χ2n) is 15.7. The van der Waals surface area contributed by atoms with Crippen molar-refractivity contribution in [2.75, 3.05) is 101 Å². The van der Waals surface area contributed by atoms with Crippen molar-refractivity contribution < 1.29 is 23.7 Å². The van der Waals surface area contributed by atoms with Crippen LogP contribution in [-0.2, 0) is 4.74 Å². The minimum atomic E-state index is -0.523. The predicted octanol–water partition coefficient (Wildman–Crippen LogP) is 2.12. The Morgan fingerprint density at radius 2 is 1.38 bits per heavy atom. The molecule has 4 aromatic heterocycles. The van der Waals surface area contributed by atoms with Crippen LogP contribution in [-0.4, -0.2) is 145 Å². The van der Waals surface area contributed by atoms with E-state index in [-0.39, 0.29) is 6.04 Å². The molecule has 3 aliphatic heterocycles. The quantitative estimate of drug-likeness (QED) is 0.189. The molecule has 3 amide bonds. The van der Waals surface area contributed by atoms with Crippen LogP contribution in [0.2, 0.25) is 0 Å². The predicted molar refractivity (Wildman–Crippen MR) is 215 cm³/mol. The first-order valence-corrected chi connectivity index (χ1v) is 20.7. The van der Waals surface area contributed by atoms with Crippen molar-refractivity contribution in [3.8, 4) is 0 Å². The third-order valence-electron chi connectivity index (χ3n) is 10.5. The number of carbonyl (C=O) groups excluding carboxylic acids is 3. The van der Waals surface area contributed by atoms with Crippen molar-refractivity contribution in [2.24, 2.45) is 11.5 Å². The normalized spacial score (nSPS) is 19.1. The van der Waals surface area contributed by atoms with Gasteiger partial charge in [0.2, 0.25) is 0 Å². The molecule has 296 valence electrons. The molecule has 0 spiro atoms. The number of piperazine rings is 2. The van der Waals surface area contributed by atoms with Crippen molar-refractivity contribution in [3.05, 3.63) is 33.5 Å². The summed E-state index contributed by atoms with van der Waals surface area (Å²) in [5, 5.41) is 2.86. The summed E-state index contributed by atoms with van der Waals surface area (Å²) >= 11 is 2.80. The van der Waals surface area contributed by atoms with Gasteiger partial charge in [0.05, 0.1) is 20.0 Å². The molecule has 0 saturated carbocycles. The first-order valence-electron chi connectivity index (χ1n) is 19.1. The molecule has 0 bridgehead atoms. The average Bonchev–Trinajstić information content (AvgIpc) is 3.89. The van der Waals surface area contributed by atoms with Crippen LogP contribution in [0, 0.1) is 13.8 Å². The van der Waals surface area contributed by atoms with Crippen LogP contribution in [0.4, 0.5) is 16.4 Å². The highest BCUT2D eigenvalue weighted by molar-refractivity contribution is 7.21. The van der Waals surface area contributed by atoms with Gasteiger partial charge in [-0.2, -0.15) is 0 Å². The fourth-order valence-electron chi connectivity index (χ4n) is 7.82. The lowest BCUT2D eigenvalue weighted by atomic mass is 10.2. The lowest BCUT2D eigenvalue weighted by Crippen LogP contribution is -2.50. The average molecular weight is 794 g/mol. The number of rotatable bonds is 11. The summed E-state index contributed by atoms with van der Waals surface area (Å²) in [6, 6.07) is 3.97. The number of likely N-dealkylation sites (tertiary alicyclic amines) is 1. The molecule has 1 unspecified atom stereocenters. The van der Waals surface area contributed by atoms with Gasteiger partial charge in [-0.3, -0.25) is 24.3 Å². The van der Waals surface area contributed by atoms with E-state index in [1.807, 2.05) is 33.8 Å². The summed E-state index contributed by atoms with van der Waals surface area (Å²) in [6.45, 7) is 21.5. The molecular formula is C37H53N12O4S2+. The molecule has 16 nitrogen and oxygen atoms in total. The number of nitrogens with zero attached hydrogens (tertiary/aromatic N) is 9. The van der Waals surface area contributed by atoms with Crippen LogP contribution >= 0.6 is 22.7 Å². The number of hydrogen-bond acceptors (Lipinski definition) is 14. The Morgan fingerprint density at radius 3 is 2.02 bits per heavy atom. The highest BCUT2D eigenvalue weighted by atomic mass is 32.1. The maximum atomic E-state index is 12.4. The zero-order valence-electron chi connectivity index (χ0n) is 32.5. The number of ether oxygens (including phenoxy) is 1. The van der Waals surface area contributed by atoms with Crippen LogP contribution in [0.1, 0.15) is 64.2 Å². The van der Waals surface area contributed by atoms with Gasteiger partial charge in [0.1, 0.15) is 28.0 Å². The Labute approximate surface area is 329 Å². The summed E-state index contributed by atoms with van der Waals surface area (Å²) in [7, 11) is 0. The van der Waals surface area contributed by atoms with E-state index in [9.17, 15) is 14.4 Å². The van der Waals surface area contributed by atoms with Crippen molar-refractivity contribution in [2.45, 2.75) is 52.7 Å². The van der Waals surface area contributed by atoms with E-state index in [4.69, 9.17) is 26.2 Å². The third kappa shape index (κ3) is 8.93. The number of carbonyl (C=O) groups is 3. The molecule has 0 aliphatic carbocycles. The summed E-state index contributed by atoms with van der Waals surface area (Å²) in [5.74, 6) is 2.56. The minimum absolute atomic E-state index is 0.241. The second-order valence-corrected chi connectivity index (χ2v) is 17.8. The summed E-state index contributed by atoms with van der Waals surface area (Å²) in [6.07, 6.45) is 0.608. The number of alkyl carbamates (subject to hydrolysis) is 1. The Balaban J connectivity index is 0.951. The van der Waals surface area contributed by atoms with E-state index in [2.05, 4.69) is 46.3 Å². The topological polar surface area (TPSA) is 183 Å². The number of primary amides is 2. The molecule has 7 rings (SSSR count). The highest BCUT2D eigenvalue weighted by Gasteiger charge is 2.35. The molecule has 0 radical (unpaired) electrons. The summed E-state index contributed by atoms with van der Waals surface area (Å²) < 4.78 is 9.61. The standard InChI is InChI=1S/C37H52N12O4S2/c1-23-41-26-20-28(32(38)50)54-30(26)34(42-23)47-18-14-45(15-19-47)10-11-46-8-6-25(22-46)49-24(2)43-35(31-27(49)21-29(55-31)33(39)51)48-16-12-44(13-17-48)9-7-40-36(52)53-37(3,4)5/h20-21,25H,6-19,22H2,1-5H3,(H4-,38,39,40,50,51,52)/p+1. The molecule has 3 saturated heterocycles. The lowest BCUT2D eigenvalue weighted by Gasteiger charge is -2.36. The van der Waals surface area contributed by atoms with Crippen LogP contribution in [0.25, 0.3) is 20.4 Å². The summed E-state index contributed by atoms with van der Waals surface area (Å²) in [5.41, 5.74) is 12.7. The second kappa shape index (κ2) is 16.1. The minimum Gasteiger partial charge on any atom is -0.444 e. The van der Waals surface area contributed by atoms with Gasteiger partial charge in [0.15, 0.2) is 5.52 Å². The Morgan fingerprint density at radius 1 is 0.800 bits per heavy atom. The fourth-order valence-corrected chi connectivity index (χ4v) is 9.80. The van der Waals surface area contributed by atoms with Crippen molar-refractivity contribution in [1.29, 1.82) is 0 Å². The van der Waals surface area contributed by atoms with Crippen LogP contribution < -0.4 is 31.2 Å². The number of aryl methyl sites for hydroxylation is 2. The smallest absolute Gasteiger partial charge is 0.407 e. The van der Waals surface area contributed by atoms with E-state index in [1.165, 1.54) is 22.7 Å². The zero-order valence-corrected chi connectivity index (χ0v) is 34.1. The molecule has 4 aromatic rings. The number of nitrogens with one attached hydrogen (secondary N) is 1. The van der Waals surface area contributed by atoms with Gasteiger partial charge in [0, 0.05) is 111 Å². The first-order chi connectivity index (χ1) is 26.2. The Bertz CT molecular complexity index is 2060. The number of anilines is 2. The molecule has 3 aliphatic rings. The molecule has 7 heterocycles. The van der Waals surface area contributed by atoms with Gasteiger partial charge in [-0.25, -0.2) is 19.3 Å². The van der Waals surface area contributed by atoms with Gasteiger partial charge < -0.3 is 31.3 Å².